The van der Waals surface area contributed by atoms with Crippen LogP contribution in [0.4, 0.5) is 0 Å². The topological polar surface area (TPSA) is 120 Å². The molecule has 56 heavy (non-hydrogen) atoms. The first-order valence-electron chi connectivity index (χ1n) is 19.2. The highest BCUT2D eigenvalue weighted by Crippen LogP contribution is 2.53. The Balaban J connectivity index is 1.44. The first kappa shape index (κ1) is 37.5. The first-order valence-corrected chi connectivity index (χ1v) is 22.8. The third kappa shape index (κ3) is 5.42. The predicted molar refractivity (Wildman–Crippen MR) is 217 cm³/mol. The fourth-order valence-electron chi connectivity index (χ4n) is 9.91. The summed E-state index contributed by atoms with van der Waals surface area (Å²) in [5, 5.41) is 0.588. The molecule has 5 aromatic rings. The monoisotopic (exact) mass is 784 g/mol. The van der Waals surface area contributed by atoms with Crippen molar-refractivity contribution in [3.63, 3.8) is 0 Å². The quantitative estimate of drug-likeness (QED) is 0.108. The molecule has 2 heterocycles. The summed E-state index contributed by atoms with van der Waals surface area (Å²) in [6, 6.07) is 27.3. The predicted octanol–water partition coefficient (Wildman–Crippen LogP) is 9.03. The molecule has 0 radical (unpaired) electrons. The van der Waals surface area contributed by atoms with Gasteiger partial charge in [-0.3, -0.25) is 24.1 Å². The molecule has 11 heteroatoms. The van der Waals surface area contributed by atoms with Gasteiger partial charge in [0.05, 0.1) is 33.2 Å². The Labute approximate surface area is 328 Å². The minimum Gasteiger partial charge on any atom is -0.544 e. The maximum absolute atomic E-state index is 15.2. The van der Waals surface area contributed by atoms with E-state index in [4.69, 9.17) is 4.43 Å². The van der Waals surface area contributed by atoms with Crippen molar-refractivity contribution in [3.05, 3.63) is 149 Å². The van der Waals surface area contributed by atoms with Gasteiger partial charge in [0.25, 0.3) is 30.2 Å². The summed E-state index contributed by atoms with van der Waals surface area (Å²) in [6.07, 6.45) is 3.38. The molecule has 0 spiro atoms. The molecule has 9 nitrogen and oxygen atoms in total. The average molecular weight is 785 g/mol. The second-order valence-electron chi connectivity index (χ2n) is 16.0. The molecule has 2 amide bonds. The lowest BCUT2D eigenvalue weighted by Crippen LogP contribution is -2.59. The maximum atomic E-state index is 15.2. The number of hydrogen-bond donors (Lipinski definition) is 0. The van der Waals surface area contributed by atoms with Gasteiger partial charge in [0, 0.05) is 34.5 Å². The number of hydrogen-bond acceptors (Lipinski definition) is 7. The first-order chi connectivity index (χ1) is 26.7. The van der Waals surface area contributed by atoms with Crippen LogP contribution in [0.2, 0.25) is 16.6 Å². The standard InChI is InChI=1S/C45H44N2O7SSi/c1-26(2)56(27(3)4,28(5)6)54-38-24-35(36-25-46(37-23-15-14-18-30(36)37)55(52,53)29-16-8-7-9-17-29)39-40(43(49)32-20-11-10-19-31(32)42(39)48)41(38)47-44(50)33-21-12-13-22-34(33)45(47)51/h7-28,35,39-41H,1-6H3/t35-,39-,40-,41-/m0/s1. The van der Waals surface area contributed by atoms with Crippen LogP contribution in [0.15, 0.2) is 126 Å². The summed E-state index contributed by atoms with van der Waals surface area (Å²) >= 11 is 0. The van der Waals surface area contributed by atoms with E-state index in [1.807, 2.05) is 18.2 Å². The van der Waals surface area contributed by atoms with Gasteiger partial charge in [-0.1, -0.05) is 114 Å². The molecule has 0 fully saturated rings. The van der Waals surface area contributed by atoms with E-state index in [-0.39, 0.29) is 61.1 Å². The van der Waals surface area contributed by atoms with Crippen molar-refractivity contribution in [2.24, 2.45) is 11.8 Å². The zero-order chi connectivity index (χ0) is 39.8. The summed E-state index contributed by atoms with van der Waals surface area (Å²) in [7, 11) is -6.98. The second-order valence-corrected chi connectivity index (χ2v) is 23.2. The molecule has 286 valence electrons. The van der Waals surface area contributed by atoms with Gasteiger partial charge in [-0.05, 0) is 58.6 Å². The van der Waals surface area contributed by atoms with E-state index < -0.39 is 54.0 Å². The Morgan fingerprint density at radius 1 is 0.607 bits per heavy atom. The van der Waals surface area contributed by atoms with E-state index in [2.05, 4.69) is 41.5 Å². The SMILES string of the molecule is CC(C)[Si](OC1=C[C@@H](c2cn(S(=O)(=O)c3ccccc3)c3ccccc23)[C@@H]2C(=O)c3ccccc3C(=O)[C@@H]2[C@H]1N1C(=O)c2ccccc2C1=O)(C(C)C)C(C)C. The molecular formula is C45H44N2O7SSi. The van der Waals surface area contributed by atoms with Crippen molar-refractivity contribution in [1.82, 2.24) is 8.87 Å². The number of carbonyl (C=O) groups is 4. The third-order valence-electron chi connectivity index (χ3n) is 12.3. The fourth-order valence-corrected chi connectivity index (χ4v) is 16.6. The Bertz CT molecular complexity index is 2530. The van der Waals surface area contributed by atoms with E-state index in [9.17, 15) is 18.0 Å². The summed E-state index contributed by atoms with van der Waals surface area (Å²) in [5.74, 6) is -4.73. The van der Waals surface area contributed by atoms with Gasteiger partial charge >= 0.3 is 0 Å². The number of ketones is 2. The average Bonchev–Trinajstić information content (AvgIpc) is 3.70. The van der Waals surface area contributed by atoms with Gasteiger partial charge in [-0.2, -0.15) is 0 Å². The largest absolute Gasteiger partial charge is 0.544 e. The number of rotatable bonds is 9. The van der Waals surface area contributed by atoms with E-state index in [1.54, 1.807) is 85.1 Å². The number of para-hydroxylation sites is 1. The van der Waals surface area contributed by atoms with Gasteiger partial charge in [0.2, 0.25) is 0 Å². The van der Waals surface area contributed by atoms with Crippen molar-refractivity contribution < 1.29 is 32.0 Å². The Morgan fingerprint density at radius 2 is 1.09 bits per heavy atom. The minimum atomic E-state index is -4.11. The Kier molecular flexibility index (Phi) is 9.16. The molecule has 0 N–H and O–H groups in total. The highest BCUT2D eigenvalue weighted by Gasteiger charge is 2.59. The number of allylic oxidation sites excluding steroid dienone is 1. The summed E-state index contributed by atoms with van der Waals surface area (Å²) < 4.78 is 37.3. The maximum Gasteiger partial charge on any atom is 0.268 e. The van der Waals surface area contributed by atoms with Crippen molar-refractivity contribution in [2.45, 2.75) is 75.0 Å². The van der Waals surface area contributed by atoms with Gasteiger partial charge in [-0.25, -0.2) is 12.4 Å². The second kappa shape index (κ2) is 13.7. The van der Waals surface area contributed by atoms with Crippen LogP contribution in [0, 0.1) is 11.8 Å². The number of benzene rings is 4. The molecule has 8 rings (SSSR count). The van der Waals surface area contributed by atoms with E-state index in [0.29, 0.717) is 16.5 Å². The van der Waals surface area contributed by atoms with Crippen molar-refractivity contribution in [1.29, 1.82) is 0 Å². The number of nitrogens with zero attached hydrogens (tertiary/aromatic N) is 2. The highest BCUT2D eigenvalue weighted by molar-refractivity contribution is 7.90. The van der Waals surface area contributed by atoms with Crippen LogP contribution in [0.25, 0.3) is 10.9 Å². The van der Waals surface area contributed by atoms with Gasteiger partial charge < -0.3 is 4.43 Å². The lowest BCUT2D eigenvalue weighted by molar-refractivity contribution is 0.0377. The molecule has 0 saturated carbocycles. The van der Waals surface area contributed by atoms with Crippen LogP contribution in [-0.2, 0) is 14.4 Å². The number of fused-ring (bicyclic) bond motifs is 4. The van der Waals surface area contributed by atoms with Crippen molar-refractivity contribution >= 4 is 52.6 Å². The van der Waals surface area contributed by atoms with Crippen LogP contribution >= 0.6 is 0 Å². The van der Waals surface area contributed by atoms with Crippen LogP contribution in [0.3, 0.4) is 0 Å². The van der Waals surface area contributed by atoms with Gasteiger partial charge in [0.15, 0.2) is 11.6 Å². The molecule has 1 aromatic heterocycles. The minimum absolute atomic E-state index is 0.0738. The third-order valence-corrected chi connectivity index (χ3v) is 20.0. The zero-order valence-electron chi connectivity index (χ0n) is 32.2. The summed E-state index contributed by atoms with van der Waals surface area (Å²) in [4.78, 5) is 60.4. The number of Topliss-reactive ketones (excluding diaryl/α,β-unsaturated/α-hetero) is 2. The molecule has 0 unspecified atom stereocenters. The zero-order valence-corrected chi connectivity index (χ0v) is 34.0. The number of aromatic nitrogens is 1. The lowest BCUT2D eigenvalue weighted by atomic mass is 9.61. The van der Waals surface area contributed by atoms with E-state index >= 15 is 9.59 Å². The highest BCUT2D eigenvalue weighted by atomic mass is 32.2. The van der Waals surface area contributed by atoms with Crippen molar-refractivity contribution in [2.75, 3.05) is 0 Å². The van der Waals surface area contributed by atoms with Crippen molar-refractivity contribution in [3.8, 4) is 0 Å². The number of amides is 2. The van der Waals surface area contributed by atoms with E-state index in [1.165, 1.54) is 16.1 Å². The van der Waals surface area contributed by atoms with Crippen LogP contribution in [0.5, 0.6) is 0 Å². The molecular weight excluding hydrogens is 741 g/mol. The van der Waals surface area contributed by atoms with Gasteiger partial charge in [-0.15, -0.1) is 0 Å². The molecule has 4 aromatic carbocycles. The Hall–Kier alpha value is -5.39. The molecule has 1 aliphatic heterocycles. The smallest absolute Gasteiger partial charge is 0.268 e. The summed E-state index contributed by atoms with van der Waals surface area (Å²) in [6.45, 7) is 12.8. The van der Waals surface area contributed by atoms with Crippen LogP contribution in [-0.4, -0.2) is 55.0 Å². The van der Waals surface area contributed by atoms with E-state index in [0.717, 1.165) is 4.90 Å². The van der Waals surface area contributed by atoms with Crippen LogP contribution < -0.4 is 0 Å². The number of imide groups is 1. The molecule has 4 atom stereocenters. The lowest BCUT2D eigenvalue weighted by Gasteiger charge is -2.50. The van der Waals surface area contributed by atoms with Gasteiger partial charge in [0.1, 0.15) is 6.04 Å². The summed E-state index contributed by atoms with van der Waals surface area (Å²) in [5.41, 5.74) is 2.06. The normalized spacial score (nSPS) is 21.2. The molecule has 0 bridgehead atoms. The molecule has 3 aliphatic rings. The Morgan fingerprint density at radius 3 is 1.64 bits per heavy atom. The fraction of sp³-hybridized carbons (Fsp3) is 0.289. The molecule has 0 saturated heterocycles. The molecule has 2 aliphatic carbocycles. The number of carbonyl (C=O) groups excluding carboxylic acids is 4. The van der Waals surface area contributed by atoms with Crippen LogP contribution in [0.1, 0.15) is 94.5 Å².